The lowest BCUT2D eigenvalue weighted by molar-refractivity contribution is 0.0953. The van der Waals surface area contributed by atoms with Gasteiger partial charge in [-0.1, -0.05) is 48.0 Å². The fourth-order valence-corrected chi connectivity index (χ4v) is 3.17. The Labute approximate surface area is 154 Å². The van der Waals surface area contributed by atoms with Gasteiger partial charge in [0.2, 0.25) is 0 Å². The molecule has 0 radical (unpaired) electrons. The summed E-state index contributed by atoms with van der Waals surface area (Å²) in [4.78, 5) is 21.3. The lowest BCUT2D eigenvalue weighted by Gasteiger charge is -2.11. The quantitative estimate of drug-likeness (QED) is 0.759. The van der Waals surface area contributed by atoms with E-state index in [4.69, 9.17) is 0 Å². The van der Waals surface area contributed by atoms with Crippen LogP contribution in [0.1, 0.15) is 32.6 Å². The molecule has 0 saturated carbocycles. The van der Waals surface area contributed by atoms with E-state index in [9.17, 15) is 4.79 Å². The molecule has 26 heavy (non-hydrogen) atoms. The molecule has 1 heterocycles. The third-order valence-electron chi connectivity index (χ3n) is 4.34. The van der Waals surface area contributed by atoms with Crippen molar-refractivity contribution in [1.29, 1.82) is 0 Å². The number of hydrogen-bond donors (Lipinski definition) is 1. The minimum Gasteiger partial charge on any atom is -0.352 e. The Hall–Kier alpha value is -3.01. The molecule has 0 unspecified atom stereocenters. The largest absolute Gasteiger partial charge is 0.352 e. The van der Waals surface area contributed by atoms with E-state index in [0.29, 0.717) is 18.8 Å². The molecule has 0 saturated heterocycles. The predicted molar refractivity (Wildman–Crippen MR) is 104 cm³/mol. The molecule has 0 atom stereocenters. The molecule has 1 aromatic heterocycles. The zero-order valence-corrected chi connectivity index (χ0v) is 15.4. The first-order valence-electron chi connectivity index (χ1n) is 8.77. The molecular formula is C22H23N3O. The Kier molecular flexibility index (Phi) is 5.42. The second-order valence-electron chi connectivity index (χ2n) is 6.56. The zero-order valence-electron chi connectivity index (χ0n) is 15.4. The number of nitrogens with zero attached hydrogens (tertiary/aromatic N) is 2. The van der Waals surface area contributed by atoms with Crippen LogP contribution >= 0.6 is 0 Å². The van der Waals surface area contributed by atoms with Crippen LogP contribution in [0.25, 0.3) is 11.4 Å². The molecule has 0 aliphatic rings. The molecule has 3 aromatic rings. The summed E-state index contributed by atoms with van der Waals surface area (Å²) in [6.07, 6.45) is 4.35. The number of nitrogens with one attached hydrogen (secondary N) is 1. The number of rotatable bonds is 5. The molecule has 3 rings (SSSR count). The van der Waals surface area contributed by atoms with Crippen LogP contribution in [0.4, 0.5) is 0 Å². The van der Waals surface area contributed by atoms with Gasteiger partial charge in [-0.25, -0.2) is 9.97 Å². The smallest absolute Gasteiger partial charge is 0.251 e. The van der Waals surface area contributed by atoms with E-state index in [1.165, 1.54) is 5.56 Å². The number of carbonyl (C=O) groups excluding carboxylic acids is 1. The first kappa shape index (κ1) is 17.8. The van der Waals surface area contributed by atoms with Gasteiger partial charge in [-0.15, -0.1) is 0 Å². The Morgan fingerprint density at radius 2 is 1.58 bits per heavy atom. The highest BCUT2D eigenvalue weighted by atomic mass is 16.1. The maximum atomic E-state index is 12.5. The summed E-state index contributed by atoms with van der Waals surface area (Å²) < 4.78 is 0. The highest BCUT2D eigenvalue weighted by molar-refractivity contribution is 5.97. The molecule has 1 N–H and O–H groups in total. The van der Waals surface area contributed by atoms with Gasteiger partial charge in [0.1, 0.15) is 0 Å². The van der Waals surface area contributed by atoms with Crippen LogP contribution in [0, 0.1) is 20.8 Å². The average Bonchev–Trinajstić information content (AvgIpc) is 2.62. The Bertz CT molecular complexity index is 879. The summed E-state index contributed by atoms with van der Waals surface area (Å²) in [5, 5.41) is 3.00. The Balaban J connectivity index is 1.59. The number of carbonyl (C=O) groups is 1. The van der Waals surface area contributed by atoms with Crippen molar-refractivity contribution >= 4 is 5.91 Å². The molecule has 2 aromatic carbocycles. The Morgan fingerprint density at radius 3 is 2.19 bits per heavy atom. The van der Waals surface area contributed by atoms with Crippen molar-refractivity contribution in [1.82, 2.24) is 15.3 Å². The zero-order chi connectivity index (χ0) is 18.5. The molecule has 1 amide bonds. The standard InChI is InChI=1S/C22H23N3O/c1-15-11-16(2)20(17(3)12-15)22(26)23-10-9-18-13-24-21(25-14-18)19-7-5-4-6-8-19/h4-8,11-14H,9-10H2,1-3H3,(H,23,26). The minimum absolute atomic E-state index is 0.0261. The number of aromatic nitrogens is 2. The van der Waals surface area contributed by atoms with E-state index >= 15 is 0 Å². The maximum Gasteiger partial charge on any atom is 0.251 e. The summed E-state index contributed by atoms with van der Waals surface area (Å²) in [6.45, 7) is 6.55. The van der Waals surface area contributed by atoms with Crippen molar-refractivity contribution in [3.05, 3.63) is 82.7 Å². The van der Waals surface area contributed by atoms with E-state index < -0.39 is 0 Å². The van der Waals surface area contributed by atoms with Crippen molar-refractivity contribution in [2.75, 3.05) is 6.54 Å². The number of amides is 1. The predicted octanol–water partition coefficient (Wildman–Crippen LogP) is 4.04. The normalized spacial score (nSPS) is 10.6. The lowest BCUT2D eigenvalue weighted by Crippen LogP contribution is -2.27. The van der Waals surface area contributed by atoms with Gasteiger partial charge in [0.05, 0.1) is 0 Å². The van der Waals surface area contributed by atoms with Crippen molar-refractivity contribution in [3.8, 4) is 11.4 Å². The fourth-order valence-electron chi connectivity index (χ4n) is 3.17. The third-order valence-corrected chi connectivity index (χ3v) is 4.34. The van der Waals surface area contributed by atoms with Crippen LogP contribution in [-0.2, 0) is 6.42 Å². The first-order valence-corrected chi connectivity index (χ1v) is 8.77. The van der Waals surface area contributed by atoms with Crippen LogP contribution in [-0.4, -0.2) is 22.4 Å². The van der Waals surface area contributed by atoms with Gasteiger partial charge < -0.3 is 5.32 Å². The van der Waals surface area contributed by atoms with Crippen molar-refractivity contribution in [3.63, 3.8) is 0 Å². The SMILES string of the molecule is Cc1cc(C)c(C(=O)NCCc2cnc(-c3ccccc3)nc2)c(C)c1. The monoisotopic (exact) mass is 345 g/mol. The number of hydrogen-bond acceptors (Lipinski definition) is 3. The summed E-state index contributed by atoms with van der Waals surface area (Å²) in [5.41, 5.74) is 5.96. The van der Waals surface area contributed by atoms with Gasteiger partial charge in [0.15, 0.2) is 5.82 Å². The summed E-state index contributed by atoms with van der Waals surface area (Å²) in [6, 6.07) is 14.0. The highest BCUT2D eigenvalue weighted by Gasteiger charge is 2.12. The van der Waals surface area contributed by atoms with E-state index in [2.05, 4.69) is 15.3 Å². The molecule has 0 aliphatic heterocycles. The van der Waals surface area contributed by atoms with Crippen molar-refractivity contribution < 1.29 is 4.79 Å². The van der Waals surface area contributed by atoms with E-state index in [0.717, 1.165) is 27.8 Å². The summed E-state index contributed by atoms with van der Waals surface area (Å²) in [5.74, 6) is 0.686. The molecule has 4 nitrogen and oxygen atoms in total. The van der Waals surface area contributed by atoms with Gasteiger partial charge in [0.25, 0.3) is 5.91 Å². The van der Waals surface area contributed by atoms with Crippen molar-refractivity contribution in [2.45, 2.75) is 27.2 Å². The lowest BCUT2D eigenvalue weighted by atomic mass is 9.99. The molecule has 4 heteroatoms. The van der Waals surface area contributed by atoms with Gasteiger partial charge in [-0.05, 0) is 43.9 Å². The van der Waals surface area contributed by atoms with Crippen molar-refractivity contribution in [2.24, 2.45) is 0 Å². The number of benzene rings is 2. The van der Waals surface area contributed by atoms with Gasteiger partial charge >= 0.3 is 0 Å². The van der Waals surface area contributed by atoms with Crippen LogP contribution in [0.5, 0.6) is 0 Å². The Morgan fingerprint density at radius 1 is 0.962 bits per heavy atom. The highest BCUT2D eigenvalue weighted by Crippen LogP contribution is 2.16. The van der Waals surface area contributed by atoms with Crippen LogP contribution in [0.15, 0.2) is 54.9 Å². The van der Waals surface area contributed by atoms with E-state index in [1.54, 1.807) is 0 Å². The van der Waals surface area contributed by atoms with Crippen LogP contribution < -0.4 is 5.32 Å². The number of aryl methyl sites for hydroxylation is 3. The van der Waals surface area contributed by atoms with Gasteiger partial charge in [-0.2, -0.15) is 0 Å². The van der Waals surface area contributed by atoms with Crippen LogP contribution in [0.3, 0.4) is 0 Å². The summed E-state index contributed by atoms with van der Waals surface area (Å²) in [7, 11) is 0. The molecule has 0 aliphatic carbocycles. The average molecular weight is 345 g/mol. The fraction of sp³-hybridized carbons (Fsp3) is 0.227. The second-order valence-corrected chi connectivity index (χ2v) is 6.56. The van der Waals surface area contributed by atoms with Gasteiger partial charge in [0, 0.05) is 30.1 Å². The maximum absolute atomic E-state index is 12.5. The molecule has 0 spiro atoms. The topological polar surface area (TPSA) is 54.9 Å². The minimum atomic E-state index is -0.0261. The summed E-state index contributed by atoms with van der Waals surface area (Å²) >= 11 is 0. The molecule has 132 valence electrons. The van der Waals surface area contributed by atoms with E-state index in [-0.39, 0.29) is 5.91 Å². The molecule has 0 bridgehead atoms. The first-order chi connectivity index (χ1) is 12.5. The second kappa shape index (κ2) is 7.91. The molecule has 0 fully saturated rings. The molecular weight excluding hydrogens is 322 g/mol. The van der Waals surface area contributed by atoms with E-state index in [1.807, 2.05) is 75.6 Å². The third kappa shape index (κ3) is 4.14. The van der Waals surface area contributed by atoms with Crippen LogP contribution in [0.2, 0.25) is 0 Å². The van der Waals surface area contributed by atoms with Gasteiger partial charge in [-0.3, -0.25) is 4.79 Å².